The maximum absolute atomic E-state index is 3.88. The number of para-hydroxylation sites is 1. The third-order valence-corrected chi connectivity index (χ3v) is 7.08. The molecule has 3 aliphatic heterocycles. The Balaban J connectivity index is 1.10. The van der Waals surface area contributed by atoms with Crippen LogP contribution in [0.4, 0.5) is 5.69 Å². The topological polar surface area (TPSA) is 21.8 Å². The average Bonchev–Trinajstić information content (AvgIpc) is 3.28. The van der Waals surface area contributed by atoms with Crippen molar-refractivity contribution in [2.75, 3.05) is 44.2 Å². The largest absolute Gasteiger partial charge is 0.367 e. The first-order valence-corrected chi connectivity index (χ1v) is 11.3. The zero-order valence-corrected chi connectivity index (χ0v) is 17.6. The molecule has 0 spiro atoms. The van der Waals surface area contributed by atoms with Crippen LogP contribution in [0.15, 0.2) is 54.6 Å². The second-order valence-corrected chi connectivity index (χ2v) is 9.13. The van der Waals surface area contributed by atoms with E-state index in [4.69, 9.17) is 0 Å². The zero-order chi connectivity index (χ0) is 19.6. The van der Waals surface area contributed by atoms with Gasteiger partial charge in [-0.1, -0.05) is 48.5 Å². The van der Waals surface area contributed by atoms with Crippen molar-refractivity contribution >= 4 is 5.69 Å². The Morgan fingerprint density at radius 3 is 2.69 bits per heavy atom. The van der Waals surface area contributed by atoms with E-state index in [-0.39, 0.29) is 0 Å². The van der Waals surface area contributed by atoms with Gasteiger partial charge in [-0.3, -0.25) is 9.80 Å². The lowest BCUT2D eigenvalue weighted by Gasteiger charge is -2.37. The number of piperazine rings is 1. The number of rotatable bonds is 6. The van der Waals surface area contributed by atoms with Gasteiger partial charge in [-0.05, 0) is 37.0 Å². The van der Waals surface area contributed by atoms with Crippen LogP contribution in [0, 0.1) is 0 Å². The molecule has 2 aromatic carbocycles. The molecule has 5 rings (SSSR count). The Bertz CT molecular complexity index is 807. The predicted molar refractivity (Wildman–Crippen MR) is 120 cm³/mol. The van der Waals surface area contributed by atoms with Gasteiger partial charge >= 0.3 is 0 Å². The van der Waals surface area contributed by atoms with E-state index >= 15 is 0 Å². The smallest absolute Gasteiger partial charge is 0.0402 e. The van der Waals surface area contributed by atoms with Gasteiger partial charge in [-0.2, -0.15) is 0 Å². The molecule has 0 saturated carbocycles. The van der Waals surface area contributed by atoms with Crippen molar-refractivity contribution in [3.8, 4) is 0 Å². The van der Waals surface area contributed by atoms with Gasteiger partial charge in [0.05, 0.1) is 0 Å². The molecule has 0 bridgehead atoms. The summed E-state index contributed by atoms with van der Waals surface area (Å²) in [5, 5.41) is 3.88. The number of nitrogens with zero attached hydrogens (tertiary/aromatic N) is 3. The van der Waals surface area contributed by atoms with Gasteiger partial charge in [0.1, 0.15) is 0 Å². The van der Waals surface area contributed by atoms with E-state index in [1.165, 1.54) is 55.8 Å². The molecular formula is C25H34N4. The van der Waals surface area contributed by atoms with E-state index in [2.05, 4.69) is 81.5 Å². The van der Waals surface area contributed by atoms with Crippen LogP contribution in [-0.2, 0) is 13.0 Å². The highest BCUT2D eigenvalue weighted by Gasteiger charge is 2.36. The lowest BCUT2D eigenvalue weighted by Crippen LogP contribution is -2.49. The summed E-state index contributed by atoms with van der Waals surface area (Å²) in [5.41, 5.74) is 4.40. The molecule has 0 radical (unpaired) electrons. The highest BCUT2D eigenvalue weighted by molar-refractivity contribution is 5.59. The maximum Gasteiger partial charge on any atom is 0.0402 e. The van der Waals surface area contributed by atoms with E-state index in [0.717, 1.165) is 25.7 Å². The van der Waals surface area contributed by atoms with Crippen molar-refractivity contribution in [1.82, 2.24) is 15.1 Å². The minimum absolute atomic E-state index is 0.621. The molecule has 3 atom stereocenters. The molecule has 0 aliphatic carbocycles. The first-order chi connectivity index (χ1) is 14.3. The van der Waals surface area contributed by atoms with Crippen LogP contribution in [0.5, 0.6) is 0 Å². The molecule has 2 fully saturated rings. The average molecular weight is 391 g/mol. The summed E-state index contributed by atoms with van der Waals surface area (Å²) in [6, 6.07) is 21.8. The van der Waals surface area contributed by atoms with Crippen LogP contribution < -0.4 is 10.2 Å². The molecule has 4 nitrogen and oxygen atoms in total. The number of anilines is 1. The van der Waals surface area contributed by atoms with Crippen LogP contribution in [0.3, 0.4) is 0 Å². The molecule has 3 aliphatic rings. The Labute approximate surface area is 175 Å². The number of benzene rings is 2. The monoisotopic (exact) mass is 390 g/mol. The normalized spacial score (nSPS) is 27.2. The van der Waals surface area contributed by atoms with Crippen molar-refractivity contribution in [3.63, 3.8) is 0 Å². The molecule has 3 heterocycles. The number of hydrogen-bond donors (Lipinski definition) is 1. The molecule has 2 unspecified atom stereocenters. The Hall–Kier alpha value is -1.88. The summed E-state index contributed by atoms with van der Waals surface area (Å²) in [6.45, 7) is 10.5. The van der Waals surface area contributed by atoms with Crippen LogP contribution in [0.1, 0.15) is 24.5 Å². The maximum atomic E-state index is 3.88. The molecular weight excluding hydrogens is 356 g/mol. The van der Waals surface area contributed by atoms with Crippen molar-refractivity contribution in [2.24, 2.45) is 0 Å². The fourth-order valence-electron chi connectivity index (χ4n) is 5.60. The van der Waals surface area contributed by atoms with Crippen molar-refractivity contribution in [2.45, 2.75) is 44.4 Å². The molecule has 0 aromatic heterocycles. The van der Waals surface area contributed by atoms with Gasteiger partial charge in [-0.15, -0.1) is 0 Å². The Kier molecular flexibility index (Phi) is 5.58. The third kappa shape index (κ3) is 4.20. The van der Waals surface area contributed by atoms with Gasteiger partial charge in [0.15, 0.2) is 0 Å². The van der Waals surface area contributed by atoms with Gasteiger partial charge in [0, 0.05) is 69.6 Å². The van der Waals surface area contributed by atoms with Crippen molar-refractivity contribution in [1.29, 1.82) is 0 Å². The van der Waals surface area contributed by atoms with Gasteiger partial charge in [0.25, 0.3) is 0 Å². The van der Waals surface area contributed by atoms with Crippen LogP contribution >= 0.6 is 0 Å². The molecule has 2 saturated heterocycles. The molecule has 0 amide bonds. The number of hydrogen-bond acceptors (Lipinski definition) is 4. The van der Waals surface area contributed by atoms with Gasteiger partial charge in [0.2, 0.25) is 0 Å². The van der Waals surface area contributed by atoms with E-state index < -0.39 is 0 Å². The van der Waals surface area contributed by atoms with Gasteiger partial charge < -0.3 is 10.2 Å². The summed E-state index contributed by atoms with van der Waals surface area (Å²) >= 11 is 0. The second-order valence-electron chi connectivity index (χ2n) is 9.13. The first kappa shape index (κ1) is 19.1. The molecule has 29 heavy (non-hydrogen) atoms. The predicted octanol–water partition coefficient (Wildman–Crippen LogP) is 2.99. The van der Waals surface area contributed by atoms with Gasteiger partial charge in [-0.25, -0.2) is 0 Å². The molecule has 154 valence electrons. The fraction of sp³-hybridized carbons (Fsp3) is 0.520. The second kappa shape index (κ2) is 8.47. The minimum Gasteiger partial charge on any atom is -0.367 e. The lowest BCUT2D eigenvalue weighted by atomic mass is 10.1. The molecule has 4 heteroatoms. The van der Waals surface area contributed by atoms with E-state index in [1.807, 2.05) is 0 Å². The van der Waals surface area contributed by atoms with Crippen LogP contribution in [0.2, 0.25) is 0 Å². The van der Waals surface area contributed by atoms with E-state index in [1.54, 1.807) is 0 Å². The number of nitrogens with one attached hydrogen (secondary N) is 1. The first-order valence-electron chi connectivity index (χ1n) is 11.3. The fourth-order valence-corrected chi connectivity index (χ4v) is 5.60. The van der Waals surface area contributed by atoms with Crippen molar-refractivity contribution < 1.29 is 0 Å². The SMILES string of the molecule is CC1Cc2ccccc2N1CCNC1C[C@H]2CN(Cc3ccccc3)CCN2C1. The third-order valence-electron chi connectivity index (χ3n) is 7.08. The molecule has 1 N–H and O–H groups in total. The quantitative estimate of drug-likeness (QED) is 0.819. The summed E-state index contributed by atoms with van der Waals surface area (Å²) in [7, 11) is 0. The van der Waals surface area contributed by atoms with E-state index in [9.17, 15) is 0 Å². The lowest BCUT2D eigenvalue weighted by molar-refractivity contribution is 0.0991. The summed E-state index contributed by atoms with van der Waals surface area (Å²) in [6.07, 6.45) is 2.48. The highest BCUT2D eigenvalue weighted by atomic mass is 15.3. The van der Waals surface area contributed by atoms with E-state index in [0.29, 0.717) is 12.1 Å². The van der Waals surface area contributed by atoms with Crippen LogP contribution in [0.25, 0.3) is 0 Å². The summed E-state index contributed by atoms with van der Waals surface area (Å²) < 4.78 is 0. The summed E-state index contributed by atoms with van der Waals surface area (Å²) in [5.74, 6) is 0. The number of fused-ring (bicyclic) bond motifs is 2. The standard InChI is InChI=1S/C25H34N4/c1-20-15-22-9-5-6-10-25(22)29(20)12-11-26-23-16-24-19-27(13-14-28(24)18-23)17-21-7-3-2-4-8-21/h2-10,20,23-24,26H,11-19H2,1H3/t20?,23?,24-/m0/s1. The molecule has 2 aromatic rings. The minimum atomic E-state index is 0.621. The summed E-state index contributed by atoms with van der Waals surface area (Å²) in [4.78, 5) is 7.95. The highest BCUT2D eigenvalue weighted by Crippen LogP contribution is 2.31. The van der Waals surface area contributed by atoms with Crippen LogP contribution in [-0.4, -0.2) is 67.2 Å². The van der Waals surface area contributed by atoms with Crippen molar-refractivity contribution in [3.05, 3.63) is 65.7 Å². The Morgan fingerprint density at radius 2 is 1.79 bits per heavy atom. The Morgan fingerprint density at radius 1 is 0.966 bits per heavy atom. The zero-order valence-electron chi connectivity index (χ0n) is 17.6.